The van der Waals surface area contributed by atoms with E-state index in [1.54, 1.807) is 6.07 Å². The summed E-state index contributed by atoms with van der Waals surface area (Å²) in [6, 6.07) is 5.45. The molecule has 1 saturated carbocycles. The number of nitrogens with two attached hydrogens (primary N) is 1. The van der Waals surface area contributed by atoms with Crippen LogP contribution in [-0.2, 0) is 4.79 Å². The number of unbranched alkanes of at least 4 members (excludes halogenated alkanes) is 1. The summed E-state index contributed by atoms with van der Waals surface area (Å²) in [6.07, 6.45) is 3.04. The first kappa shape index (κ1) is 13.2. The number of amides is 1. The van der Waals surface area contributed by atoms with Gasteiger partial charge in [0.05, 0.1) is 5.41 Å². The summed E-state index contributed by atoms with van der Waals surface area (Å²) in [5, 5.41) is 9.57. The van der Waals surface area contributed by atoms with Crippen LogP contribution in [0.3, 0.4) is 0 Å². The van der Waals surface area contributed by atoms with Crippen molar-refractivity contribution in [3.05, 3.63) is 34.9 Å². The zero-order valence-corrected chi connectivity index (χ0v) is 11.9. The summed E-state index contributed by atoms with van der Waals surface area (Å²) in [7, 11) is 0. The molecule has 1 amide bonds. The second-order valence-electron chi connectivity index (χ2n) is 5.74. The fourth-order valence-corrected chi connectivity index (χ4v) is 3.00. The summed E-state index contributed by atoms with van der Waals surface area (Å²) < 4.78 is 7.05. The molecule has 20 heavy (non-hydrogen) atoms. The third kappa shape index (κ3) is 2.42. The maximum Gasteiger partial charge on any atom is 0.310 e. The minimum Gasteiger partial charge on any atom is -0.481 e. The molecule has 0 spiro atoms. The number of hydrogen-bond acceptors (Lipinski definition) is 2. The molecule has 4 heteroatoms. The Morgan fingerprint density at radius 2 is 2.30 bits per heavy atom. The quantitative estimate of drug-likeness (QED) is 0.838. The lowest BCUT2D eigenvalue weighted by molar-refractivity contribution is -0.143. The molecule has 2 atom stereocenters. The third-order valence-electron chi connectivity index (χ3n) is 4.31. The van der Waals surface area contributed by atoms with Crippen molar-refractivity contribution in [3.8, 4) is 0 Å². The van der Waals surface area contributed by atoms with E-state index >= 15 is 0 Å². The molecule has 108 valence electrons. The summed E-state index contributed by atoms with van der Waals surface area (Å²) >= 11 is 0. The van der Waals surface area contributed by atoms with E-state index in [4.69, 9.17) is 1.41 Å². The highest BCUT2D eigenvalue weighted by Crippen LogP contribution is 2.63. The van der Waals surface area contributed by atoms with Crippen molar-refractivity contribution < 1.29 is 16.1 Å². The van der Waals surface area contributed by atoms with Gasteiger partial charge in [0.1, 0.15) is 0 Å². The number of hydrogen-bond donors (Lipinski definition) is 2. The van der Waals surface area contributed by atoms with Crippen molar-refractivity contribution in [2.45, 2.75) is 45.4 Å². The van der Waals surface area contributed by atoms with Gasteiger partial charge in [0.15, 0.2) is 1.41 Å². The van der Waals surface area contributed by atoms with Gasteiger partial charge in [-0.1, -0.05) is 37.5 Å². The van der Waals surface area contributed by atoms with Crippen molar-refractivity contribution >= 4 is 11.9 Å². The van der Waals surface area contributed by atoms with Crippen LogP contribution in [0.15, 0.2) is 18.2 Å². The van der Waals surface area contributed by atoms with Crippen LogP contribution in [0.2, 0.25) is 1.41 Å². The van der Waals surface area contributed by atoms with Gasteiger partial charge in [0, 0.05) is 11.5 Å². The molecule has 2 rings (SSSR count). The fourth-order valence-electron chi connectivity index (χ4n) is 3.00. The van der Waals surface area contributed by atoms with Gasteiger partial charge in [-0.15, -0.1) is 0 Å². The molecule has 0 heterocycles. The SMILES string of the molecule is [2H]NC(=O)c1cc(C)ccc1C1CC1(CCCC)C(=O)O. The first-order valence-corrected chi connectivity index (χ1v) is 7.02. The van der Waals surface area contributed by atoms with Crippen LogP contribution in [0, 0.1) is 12.3 Å². The topological polar surface area (TPSA) is 80.4 Å². The molecule has 0 saturated heterocycles. The Balaban J connectivity index is 2.35. The molecule has 1 aliphatic carbocycles. The normalized spacial score (nSPS) is 24.9. The van der Waals surface area contributed by atoms with E-state index in [0.29, 0.717) is 18.4 Å². The molecule has 4 nitrogen and oxygen atoms in total. The number of rotatable bonds is 6. The Kier molecular flexibility index (Phi) is 3.47. The van der Waals surface area contributed by atoms with Crippen molar-refractivity contribution in [2.75, 3.05) is 0 Å². The van der Waals surface area contributed by atoms with E-state index in [9.17, 15) is 14.7 Å². The number of primary amides is 1. The maximum absolute atomic E-state index is 11.9. The van der Waals surface area contributed by atoms with E-state index in [-0.39, 0.29) is 5.92 Å². The number of carboxylic acids is 1. The Bertz CT molecular complexity index is 573. The minimum absolute atomic E-state index is 0.130. The number of aliphatic carboxylic acids is 1. The smallest absolute Gasteiger partial charge is 0.310 e. The molecular formula is C16H21NO3. The van der Waals surface area contributed by atoms with Crippen LogP contribution in [0.25, 0.3) is 0 Å². The van der Waals surface area contributed by atoms with Crippen LogP contribution in [0.1, 0.15) is 60.0 Å². The standard InChI is InChI=1S/C16H21NO3/c1-3-4-7-16(15(19)20)9-13(16)11-6-5-10(2)8-12(11)14(17)18/h5-6,8,13H,3-4,7,9H2,1-2H3,(H2,17,18)(H,19,20)/i/hD. The molecule has 0 bridgehead atoms. The second-order valence-corrected chi connectivity index (χ2v) is 5.74. The largest absolute Gasteiger partial charge is 0.481 e. The lowest BCUT2D eigenvalue weighted by atomic mass is 9.90. The highest BCUT2D eigenvalue weighted by Gasteiger charge is 2.60. The second kappa shape index (κ2) is 5.27. The molecule has 0 aromatic heterocycles. The van der Waals surface area contributed by atoms with Crippen molar-refractivity contribution in [3.63, 3.8) is 0 Å². The summed E-state index contributed by atoms with van der Waals surface area (Å²) in [4.78, 5) is 23.5. The molecule has 2 unspecified atom stereocenters. The van der Waals surface area contributed by atoms with E-state index in [2.05, 4.69) is 0 Å². The van der Waals surface area contributed by atoms with Gasteiger partial charge >= 0.3 is 5.97 Å². The average molecular weight is 276 g/mol. The summed E-state index contributed by atoms with van der Waals surface area (Å²) in [5.41, 5.74) is 3.26. The molecular weight excluding hydrogens is 254 g/mol. The van der Waals surface area contributed by atoms with Gasteiger partial charge in [-0.25, -0.2) is 0 Å². The van der Waals surface area contributed by atoms with Crippen LogP contribution in [0.4, 0.5) is 0 Å². The Morgan fingerprint density at radius 1 is 1.55 bits per heavy atom. The number of carbonyl (C=O) groups is 2. The Morgan fingerprint density at radius 3 is 2.90 bits per heavy atom. The zero-order chi connectivity index (χ0) is 15.6. The number of benzene rings is 1. The van der Waals surface area contributed by atoms with Crippen molar-refractivity contribution in [2.24, 2.45) is 11.1 Å². The highest BCUT2D eigenvalue weighted by atomic mass is 16.4. The van der Waals surface area contributed by atoms with Crippen LogP contribution in [0.5, 0.6) is 0 Å². The van der Waals surface area contributed by atoms with E-state index in [1.165, 1.54) is 0 Å². The lowest BCUT2D eigenvalue weighted by Gasteiger charge is -2.14. The van der Waals surface area contributed by atoms with Gasteiger partial charge in [0.25, 0.3) is 0 Å². The lowest BCUT2D eigenvalue weighted by Crippen LogP contribution is -2.19. The van der Waals surface area contributed by atoms with E-state index in [0.717, 1.165) is 24.0 Å². The van der Waals surface area contributed by atoms with Crippen LogP contribution < -0.4 is 5.73 Å². The van der Waals surface area contributed by atoms with Gasteiger partial charge < -0.3 is 10.8 Å². The van der Waals surface area contributed by atoms with E-state index in [1.807, 2.05) is 31.7 Å². The highest BCUT2D eigenvalue weighted by molar-refractivity contribution is 5.95. The van der Waals surface area contributed by atoms with Crippen LogP contribution in [-0.4, -0.2) is 17.0 Å². The third-order valence-corrected chi connectivity index (χ3v) is 4.31. The van der Waals surface area contributed by atoms with Gasteiger partial charge in [-0.05, 0) is 31.4 Å². The first-order chi connectivity index (χ1) is 9.96. The molecule has 0 aliphatic heterocycles. The molecule has 1 aromatic rings. The number of aryl methyl sites for hydroxylation is 1. The Labute approximate surface area is 120 Å². The zero-order valence-electron chi connectivity index (χ0n) is 12.9. The van der Waals surface area contributed by atoms with Gasteiger partial charge in [-0.2, -0.15) is 0 Å². The van der Waals surface area contributed by atoms with Crippen LogP contribution >= 0.6 is 0 Å². The number of carbonyl (C=O) groups excluding carboxylic acids is 1. The number of carboxylic acid groups (broad SMARTS) is 1. The average Bonchev–Trinajstić information content (AvgIpc) is 3.20. The summed E-state index contributed by atoms with van der Waals surface area (Å²) in [6.45, 7) is 3.91. The van der Waals surface area contributed by atoms with Crippen molar-refractivity contribution in [1.29, 1.82) is 0 Å². The van der Waals surface area contributed by atoms with Crippen molar-refractivity contribution in [1.82, 2.24) is 0 Å². The predicted octanol–water partition coefficient (Wildman–Crippen LogP) is 2.84. The first-order valence-electron chi connectivity index (χ1n) is 7.52. The minimum atomic E-state index is -0.779. The van der Waals surface area contributed by atoms with E-state index < -0.39 is 17.3 Å². The molecule has 1 fully saturated rings. The molecule has 0 radical (unpaired) electrons. The maximum atomic E-state index is 11.9. The predicted molar refractivity (Wildman–Crippen MR) is 76.6 cm³/mol. The monoisotopic (exact) mass is 276 g/mol. The molecule has 3 N–H and O–H groups in total. The Hall–Kier alpha value is -1.84. The summed E-state index contributed by atoms with van der Waals surface area (Å²) in [5.74, 6) is -1.39. The van der Waals surface area contributed by atoms with Gasteiger partial charge in [0.2, 0.25) is 5.91 Å². The van der Waals surface area contributed by atoms with Gasteiger partial charge in [-0.3, -0.25) is 9.59 Å². The fraction of sp³-hybridized carbons (Fsp3) is 0.500. The molecule has 1 aliphatic rings. The molecule has 1 aromatic carbocycles.